The molecule has 0 saturated heterocycles. The number of hydrogen-bond acceptors (Lipinski definition) is 2. The molecule has 3 atom stereocenters. The van der Waals surface area contributed by atoms with E-state index in [0.717, 1.165) is 19.3 Å². The molecular weight excluding hydrogens is 260 g/mol. The minimum atomic E-state index is -0.318. The van der Waals surface area contributed by atoms with Crippen LogP contribution in [-0.2, 0) is 9.53 Å². The highest BCUT2D eigenvalue weighted by Crippen LogP contribution is 2.48. The van der Waals surface area contributed by atoms with Crippen molar-refractivity contribution in [2.24, 2.45) is 17.3 Å². The van der Waals surface area contributed by atoms with Gasteiger partial charge in [-0.2, -0.15) is 0 Å². The first-order valence-corrected chi connectivity index (χ1v) is 7.56. The molecule has 0 aliphatic heterocycles. The van der Waals surface area contributed by atoms with Gasteiger partial charge >= 0.3 is 5.97 Å². The quantitative estimate of drug-likeness (QED) is 0.313. The van der Waals surface area contributed by atoms with E-state index in [-0.39, 0.29) is 11.4 Å². The van der Waals surface area contributed by atoms with E-state index in [9.17, 15) is 4.79 Å². The van der Waals surface area contributed by atoms with E-state index >= 15 is 0 Å². The van der Waals surface area contributed by atoms with E-state index in [2.05, 4.69) is 44.7 Å². The van der Waals surface area contributed by atoms with E-state index in [1.165, 1.54) is 24.3 Å². The van der Waals surface area contributed by atoms with Gasteiger partial charge in [0.15, 0.2) is 0 Å². The molecule has 2 nitrogen and oxygen atoms in total. The van der Waals surface area contributed by atoms with Crippen LogP contribution >= 0.6 is 0 Å². The van der Waals surface area contributed by atoms with E-state index in [4.69, 9.17) is 0 Å². The van der Waals surface area contributed by atoms with E-state index in [1.807, 2.05) is 6.08 Å². The van der Waals surface area contributed by atoms with Gasteiger partial charge in [0, 0.05) is 6.08 Å². The highest BCUT2D eigenvalue weighted by Gasteiger charge is 2.38. The Labute approximate surface area is 129 Å². The van der Waals surface area contributed by atoms with Crippen LogP contribution in [0.2, 0.25) is 0 Å². The Morgan fingerprint density at radius 1 is 1.38 bits per heavy atom. The number of allylic oxidation sites excluding steroid dienone is 5. The second-order valence-corrected chi connectivity index (χ2v) is 6.37. The van der Waals surface area contributed by atoms with Crippen molar-refractivity contribution >= 4 is 5.97 Å². The fourth-order valence-electron chi connectivity index (χ4n) is 3.24. The molecule has 2 heteroatoms. The smallest absolute Gasteiger partial charge is 0.330 e. The van der Waals surface area contributed by atoms with E-state index in [1.54, 1.807) is 6.08 Å². The molecule has 1 aliphatic carbocycles. The molecule has 1 saturated carbocycles. The largest absolute Gasteiger partial charge is 0.466 e. The first-order valence-electron chi connectivity index (χ1n) is 7.56. The summed E-state index contributed by atoms with van der Waals surface area (Å²) < 4.78 is 4.59. The van der Waals surface area contributed by atoms with Gasteiger partial charge in [-0.1, -0.05) is 42.9 Å². The number of ether oxygens (including phenoxy) is 1. The second-order valence-electron chi connectivity index (χ2n) is 6.37. The van der Waals surface area contributed by atoms with Gasteiger partial charge in [0.05, 0.1) is 7.11 Å². The maximum absolute atomic E-state index is 11.1. The van der Waals surface area contributed by atoms with Gasteiger partial charge in [-0.15, -0.1) is 6.58 Å². The lowest BCUT2D eigenvalue weighted by Crippen LogP contribution is -2.33. The Morgan fingerprint density at radius 3 is 2.57 bits per heavy atom. The van der Waals surface area contributed by atoms with E-state index < -0.39 is 0 Å². The van der Waals surface area contributed by atoms with Crippen molar-refractivity contribution in [2.45, 2.75) is 40.0 Å². The summed E-state index contributed by atoms with van der Waals surface area (Å²) in [6.45, 7) is 14.7. The molecule has 0 radical (unpaired) electrons. The number of rotatable bonds is 5. The molecule has 0 unspecified atom stereocenters. The van der Waals surface area contributed by atoms with Gasteiger partial charge in [0.2, 0.25) is 0 Å². The molecule has 21 heavy (non-hydrogen) atoms. The van der Waals surface area contributed by atoms with Crippen molar-refractivity contribution in [1.29, 1.82) is 0 Å². The molecule has 0 aromatic heterocycles. The number of carbonyl (C=O) groups excluding carboxylic acids is 1. The van der Waals surface area contributed by atoms with Crippen LogP contribution in [0, 0.1) is 17.3 Å². The number of methoxy groups -OCH3 is 1. The average molecular weight is 288 g/mol. The molecular formula is C19H28O2. The van der Waals surface area contributed by atoms with Crippen molar-refractivity contribution in [3.63, 3.8) is 0 Å². The Kier molecular flexibility index (Phi) is 6.19. The maximum Gasteiger partial charge on any atom is 0.330 e. The van der Waals surface area contributed by atoms with Crippen LogP contribution in [0.25, 0.3) is 0 Å². The summed E-state index contributed by atoms with van der Waals surface area (Å²) in [5, 5.41) is 0. The lowest BCUT2D eigenvalue weighted by molar-refractivity contribution is -0.134. The molecule has 0 heterocycles. The Morgan fingerprint density at radius 2 is 2.05 bits per heavy atom. The van der Waals surface area contributed by atoms with Crippen LogP contribution in [0.5, 0.6) is 0 Å². The lowest BCUT2D eigenvalue weighted by Gasteiger charge is -2.43. The lowest BCUT2D eigenvalue weighted by atomic mass is 9.61. The molecule has 116 valence electrons. The van der Waals surface area contributed by atoms with Gasteiger partial charge in [0.25, 0.3) is 0 Å². The Balaban J connectivity index is 2.80. The summed E-state index contributed by atoms with van der Waals surface area (Å²) in [5.41, 5.74) is 2.71. The molecule has 0 spiro atoms. The average Bonchev–Trinajstić information content (AvgIpc) is 2.46. The molecule has 1 fully saturated rings. The topological polar surface area (TPSA) is 26.3 Å². The summed E-state index contributed by atoms with van der Waals surface area (Å²) in [6.07, 6.45) is 10.7. The number of hydrogen-bond donors (Lipinski definition) is 0. The van der Waals surface area contributed by atoms with Crippen molar-refractivity contribution in [3.05, 3.63) is 48.6 Å². The SMILES string of the molecule is C=C[C@@]1(C)CC[C@H](/C(C)=C/C=C/C(=O)OC)C[C@@H]1C(=C)C. The number of carbonyl (C=O) groups is 1. The first kappa shape index (κ1) is 17.5. The maximum atomic E-state index is 11.1. The van der Waals surface area contributed by atoms with E-state index in [0.29, 0.717) is 11.8 Å². The van der Waals surface area contributed by atoms with Crippen molar-refractivity contribution < 1.29 is 9.53 Å². The van der Waals surface area contributed by atoms with Gasteiger partial charge in [0.1, 0.15) is 0 Å². The van der Waals surface area contributed by atoms with Crippen LogP contribution in [-0.4, -0.2) is 13.1 Å². The summed E-state index contributed by atoms with van der Waals surface area (Å²) in [5.74, 6) is 0.699. The molecule has 1 rings (SSSR count). The third-order valence-electron chi connectivity index (χ3n) is 4.85. The zero-order valence-electron chi connectivity index (χ0n) is 13.8. The molecule has 1 aliphatic rings. The van der Waals surface area contributed by atoms with Crippen LogP contribution in [0.1, 0.15) is 40.0 Å². The summed E-state index contributed by atoms with van der Waals surface area (Å²) in [7, 11) is 1.39. The standard InChI is InChI=1S/C19H28O2/c1-7-19(5)12-11-16(13-17(19)14(2)3)15(4)9-8-10-18(20)21-6/h7-10,16-17H,1-2,11-13H2,3-6H3/b10-8+,15-9+/t16-,17+,19-/m0/s1. The highest BCUT2D eigenvalue weighted by atomic mass is 16.5. The van der Waals surface area contributed by atoms with Gasteiger partial charge in [-0.3, -0.25) is 0 Å². The predicted molar refractivity (Wildman–Crippen MR) is 88.9 cm³/mol. The highest BCUT2D eigenvalue weighted by molar-refractivity contribution is 5.82. The summed E-state index contributed by atoms with van der Waals surface area (Å²) >= 11 is 0. The molecule has 0 N–H and O–H groups in total. The van der Waals surface area contributed by atoms with Crippen LogP contribution < -0.4 is 0 Å². The fourth-order valence-corrected chi connectivity index (χ4v) is 3.24. The third-order valence-corrected chi connectivity index (χ3v) is 4.85. The van der Waals surface area contributed by atoms with Crippen molar-refractivity contribution in [3.8, 4) is 0 Å². The van der Waals surface area contributed by atoms with Crippen LogP contribution in [0.4, 0.5) is 0 Å². The minimum Gasteiger partial charge on any atom is -0.466 e. The van der Waals surface area contributed by atoms with Gasteiger partial charge in [-0.25, -0.2) is 4.79 Å². The van der Waals surface area contributed by atoms with Crippen molar-refractivity contribution in [2.75, 3.05) is 7.11 Å². The Bertz CT molecular complexity index is 470. The zero-order valence-corrected chi connectivity index (χ0v) is 13.8. The molecule has 0 amide bonds. The second kappa shape index (κ2) is 7.44. The van der Waals surface area contributed by atoms with Crippen molar-refractivity contribution in [1.82, 2.24) is 0 Å². The first-order chi connectivity index (χ1) is 9.84. The van der Waals surface area contributed by atoms with Gasteiger partial charge in [-0.05, 0) is 50.4 Å². The monoisotopic (exact) mass is 288 g/mol. The minimum absolute atomic E-state index is 0.157. The third kappa shape index (κ3) is 4.45. The molecule has 0 aromatic rings. The summed E-state index contributed by atoms with van der Waals surface area (Å²) in [4.78, 5) is 11.1. The molecule has 0 bridgehead atoms. The fraction of sp³-hybridized carbons (Fsp3) is 0.526. The van der Waals surface area contributed by atoms with Crippen LogP contribution in [0.15, 0.2) is 48.6 Å². The predicted octanol–water partition coefficient (Wildman–Crippen LogP) is 4.85. The Hall–Kier alpha value is -1.57. The van der Waals surface area contributed by atoms with Gasteiger partial charge < -0.3 is 4.74 Å². The summed E-state index contributed by atoms with van der Waals surface area (Å²) in [6, 6.07) is 0. The van der Waals surface area contributed by atoms with Crippen LogP contribution in [0.3, 0.4) is 0 Å². The molecule has 0 aromatic carbocycles. The number of esters is 1. The zero-order chi connectivity index (χ0) is 16.0. The normalized spacial score (nSPS) is 30.2.